The number of aliphatic carboxylic acids is 1. The van der Waals surface area contributed by atoms with Crippen molar-refractivity contribution >= 4 is 21.7 Å². The fourth-order valence-electron chi connectivity index (χ4n) is 5.09. The molecule has 8 nitrogen and oxygen atoms in total. The van der Waals surface area contributed by atoms with E-state index in [1.807, 2.05) is 48.5 Å². The van der Waals surface area contributed by atoms with Crippen LogP contribution < -0.4 is 18.5 Å². The number of rotatable bonds is 14. The summed E-state index contributed by atoms with van der Waals surface area (Å²) in [5.41, 5.74) is 2.20. The number of anilines is 1. The number of benzene rings is 4. The third-order valence-corrected chi connectivity index (χ3v) is 9.02. The molecular formula is C34H35NO7S. The molecule has 0 unspecified atom stereocenters. The lowest BCUT2D eigenvalue weighted by atomic mass is 10.1. The number of hydrogen-bond acceptors (Lipinski definition) is 6. The van der Waals surface area contributed by atoms with Crippen LogP contribution in [-0.2, 0) is 27.7 Å². The monoisotopic (exact) mass is 601 g/mol. The lowest BCUT2D eigenvalue weighted by molar-refractivity contribution is -0.138. The number of nitrogens with zero attached hydrogens (tertiary/aromatic N) is 1. The number of sulfonamides is 1. The van der Waals surface area contributed by atoms with Crippen LogP contribution in [0.25, 0.3) is 0 Å². The first kappa shape index (κ1) is 30.0. The maximum absolute atomic E-state index is 13.4. The summed E-state index contributed by atoms with van der Waals surface area (Å²) in [6, 6.07) is 27.4. The van der Waals surface area contributed by atoms with Crippen molar-refractivity contribution in [3.63, 3.8) is 0 Å². The van der Waals surface area contributed by atoms with Crippen LogP contribution in [0.4, 0.5) is 5.69 Å². The van der Waals surface area contributed by atoms with E-state index in [1.54, 1.807) is 36.4 Å². The van der Waals surface area contributed by atoms with Crippen molar-refractivity contribution in [3.8, 4) is 23.0 Å². The van der Waals surface area contributed by atoms with Crippen molar-refractivity contribution in [2.24, 2.45) is 0 Å². The highest BCUT2D eigenvalue weighted by Gasteiger charge is 2.42. The lowest BCUT2D eigenvalue weighted by Crippen LogP contribution is -2.42. The van der Waals surface area contributed by atoms with Gasteiger partial charge in [-0.25, -0.2) is 13.2 Å². The second-order valence-corrected chi connectivity index (χ2v) is 12.1. The minimum atomic E-state index is -4.08. The van der Waals surface area contributed by atoms with Crippen LogP contribution in [0.2, 0.25) is 0 Å². The van der Waals surface area contributed by atoms with Crippen molar-refractivity contribution in [3.05, 3.63) is 108 Å². The number of hydrogen-bond donors (Lipinski definition) is 1. The van der Waals surface area contributed by atoms with Gasteiger partial charge < -0.3 is 19.3 Å². The van der Waals surface area contributed by atoms with E-state index in [-0.39, 0.29) is 11.3 Å². The first-order valence-corrected chi connectivity index (χ1v) is 15.9. The summed E-state index contributed by atoms with van der Waals surface area (Å²) >= 11 is 0. The number of para-hydroxylation sites is 2. The highest BCUT2D eigenvalue weighted by molar-refractivity contribution is 7.93. The summed E-state index contributed by atoms with van der Waals surface area (Å²) in [5.74, 6) is 1.78. The van der Waals surface area contributed by atoms with Crippen molar-refractivity contribution < 1.29 is 32.5 Å². The summed E-state index contributed by atoms with van der Waals surface area (Å²) < 4.78 is 45.8. The van der Waals surface area contributed by atoms with Crippen LogP contribution in [-0.4, -0.2) is 38.7 Å². The molecule has 1 heterocycles. The average Bonchev–Trinajstić information content (AvgIpc) is 3.42. The fourth-order valence-corrected chi connectivity index (χ4v) is 6.73. The topological polar surface area (TPSA) is 102 Å². The van der Waals surface area contributed by atoms with E-state index in [0.29, 0.717) is 30.2 Å². The molecule has 1 aliphatic rings. The molecule has 0 bridgehead atoms. The summed E-state index contributed by atoms with van der Waals surface area (Å²) in [6.07, 6.45) is 3.54. The van der Waals surface area contributed by atoms with Crippen LogP contribution in [0, 0.1) is 0 Å². The van der Waals surface area contributed by atoms with Crippen LogP contribution in [0.15, 0.2) is 102 Å². The first-order chi connectivity index (χ1) is 20.9. The Balaban J connectivity index is 1.11. The summed E-state index contributed by atoms with van der Waals surface area (Å²) in [5, 5.41) is 9.69. The Morgan fingerprint density at radius 2 is 1.51 bits per heavy atom. The van der Waals surface area contributed by atoms with E-state index in [1.165, 1.54) is 12.1 Å². The largest absolute Gasteiger partial charge is 0.494 e. The molecular weight excluding hydrogens is 566 g/mol. The summed E-state index contributed by atoms with van der Waals surface area (Å²) in [7, 11) is -4.08. The Morgan fingerprint density at radius 3 is 2.23 bits per heavy atom. The minimum absolute atomic E-state index is 0.0132. The second-order valence-electron chi connectivity index (χ2n) is 10.3. The molecule has 43 heavy (non-hydrogen) atoms. The zero-order valence-corrected chi connectivity index (χ0v) is 24.8. The van der Waals surface area contributed by atoms with Gasteiger partial charge >= 0.3 is 5.97 Å². The maximum Gasteiger partial charge on any atom is 0.327 e. The fraction of sp³-hybridized carbons (Fsp3) is 0.265. The predicted octanol–water partition coefficient (Wildman–Crippen LogP) is 6.87. The van der Waals surface area contributed by atoms with E-state index >= 15 is 0 Å². The van der Waals surface area contributed by atoms with Crippen LogP contribution >= 0.6 is 0 Å². The van der Waals surface area contributed by atoms with Gasteiger partial charge in [0.25, 0.3) is 10.0 Å². The standard InChI is InChI=1S/C34H35NO7S/c1-2-10-26-23-29(42-28-12-4-3-5-13-28)17-20-33(26)41-22-9-8-21-40-27-15-18-30(19-16-27)43(38,39)35-31-14-7-6-11-25(31)24-32(35)34(36)37/h3-7,11-20,23,32H,2,8-10,21-22,24H2,1H3,(H,36,37)/t32-/m1/s1. The highest BCUT2D eigenvalue weighted by atomic mass is 32.2. The van der Waals surface area contributed by atoms with E-state index in [4.69, 9.17) is 14.2 Å². The number of fused-ring (bicyclic) bond motifs is 1. The Bertz CT molecular complexity index is 1640. The lowest BCUT2D eigenvalue weighted by Gasteiger charge is -2.24. The van der Waals surface area contributed by atoms with Gasteiger partial charge in [0, 0.05) is 6.42 Å². The second kappa shape index (κ2) is 13.6. The first-order valence-electron chi connectivity index (χ1n) is 14.4. The van der Waals surface area contributed by atoms with Crippen molar-refractivity contribution in [1.29, 1.82) is 0 Å². The molecule has 0 fully saturated rings. The maximum atomic E-state index is 13.4. The van der Waals surface area contributed by atoms with Gasteiger partial charge in [-0.15, -0.1) is 0 Å². The molecule has 9 heteroatoms. The quantitative estimate of drug-likeness (QED) is 0.157. The van der Waals surface area contributed by atoms with Gasteiger partial charge in [0.15, 0.2) is 0 Å². The van der Waals surface area contributed by atoms with Crippen LogP contribution in [0.1, 0.15) is 37.3 Å². The normalized spacial score (nSPS) is 14.3. The van der Waals surface area contributed by atoms with Gasteiger partial charge in [-0.1, -0.05) is 49.7 Å². The van der Waals surface area contributed by atoms with Gasteiger partial charge in [-0.05, 0) is 91.1 Å². The smallest absolute Gasteiger partial charge is 0.327 e. The third-order valence-electron chi connectivity index (χ3n) is 7.19. The van der Waals surface area contributed by atoms with E-state index < -0.39 is 22.0 Å². The summed E-state index contributed by atoms with van der Waals surface area (Å²) in [6.45, 7) is 3.12. The Hall–Kier alpha value is -4.50. The zero-order valence-electron chi connectivity index (χ0n) is 24.0. The number of ether oxygens (including phenoxy) is 3. The molecule has 0 amide bonds. The molecule has 0 aromatic heterocycles. The molecule has 1 N–H and O–H groups in total. The molecule has 0 saturated heterocycles. The van der Waals surface area contributed by atoms with Crippen LogP contribution in [0.5, 0.6) is 23.0 Å². The number of carbonyl (C=O) groups is 1. The van der Waals surface area contributed by atoms with Crippen LogP contribution in [0.3, 0.4) is 0 Å². The van der Waals surface area contributed by atoms with Crippen molar-refractivity contribution in [2.45, 2.75) is 50.0 Å². The van der Waals surface area contributed by atoms with Gasteiger partial charge in [0.1, 0.15) is 29.0 Å². The number of carboxylic acid groups (broad SMARTS) is 1. The zero-order chi connectivity index (χ0) is 30.2. The average molecular weight is 602 g/mol. The minimum Gasteiger partial charge on any atom is -0.494 e. The number of carboxylic acids is 1. The Morgan fingerprint density at radius 1 is 0.837 bits per heavy atom. The highest BCUT2D eigenvalue weighted by Crippen LogP contribution is 2.37. The molecule has 224 valence electrons. The van der Waals surface area contributed by atoms with Gasteiger partial charge in [-0.2, -0.15) is 0 Å². The molecule has 0 spiro atoms. The molecule has 0 radical (unpaired) electrons. The SMILES string of the molecule is CCCc1cc(Oc2ccccc2)ccc1OCCCCOc1ccc(S(=O)(=O)N2c3ccccc3C[C@@H]2C(=O)O)cc1. The third kappa shape index (κ3) is 7.11. The molecule has 1 aliphatic heterocycles. The molecule has 0 aliphatic carbocycles. The molecule has 0 saturated carbocycles. The van der Waals surface area contributed by atoms with Crippen molar-refractivity contribution in [2.75, 3.05) is 17.5 Å². The predicted molar refractivity (Wildman–Crippen MR) is 165 cm³/mol. The van der Waals surface area contributed by atoms with Gasteiger partial charge in [0.05, 0.1) is 23.8 Å². The number of unbranched alkanes of at least 4 members (excludes halogenated alkanes) is 1. The van der Waals surface area contributed by atoms with E-state index in [9.17, 15) is 18.3 Å². The van der Waals surface area contributed by atoms with Gasteiger partial charge in [-0.3, -0.25) is 4.31 Å². The van der Waals surface area contributed by atoms with E-state index in [0.717, 1.165) is 52.8 Å². The molecule has 4 aromatic carbocycles. The summed E-state index contributed by atoms with van der Waals surface area (Å²) in [4.78, 5) is 11.9. The molecule has 5 rings (SSSR count). The van der Waals surface area contributed by atoms with E-state index in [2.05, 4.69) is 6.92 Å². The number of aryl methyl sites for hydroxylation is 1. The Labute approximate surface area is 252 Å². The Kier molecular flexibility index (Phi) is 9.51. The molecule has 4 aromatic rings. The van der Waals surface area contributed by atoms with Gasteiger partial charge in [0.2, 0.25) is 0 Å². The molecule has 1 atom stereocenters. The van der Waals surface area contributed by atoms with Crippen molar-refractivity contribution in [1.82, 2.24) is 0 Å².